The van der Waals surface area contributed by atoms with Gasteiger partial charge in [0.05, 0.1) is 18.1 Å². The first-order valence-electron chi connectivity index (χ1n) is 7.71. The number of carbonyl (C=O) groups excluding carboxylic acids is 1. The van der Waals surface area contributed by atoms with Crippen LogP contribution in [0.5, 0.6) is 0 Å². The molecule has 2 unspecified atom stereocenters. The van der Waals surface area contributed by atoms with Crippen molar-refractivity contribution in [2.75, 3.05) is 13.2 Å². The molecule has 0 N–H and O–H groups in total. The first-order valence-corrected chi connectivity index (χ1v) is 7.71. The fraction of sp³-hybridized carbons (Fsp3) is 0.938. The molecule has 0 aromatic rings. The largest absolute Gasteiger partial charge is 0.465 e. The molecule has 0 aromatic heterocycles. The van der Waals surface area contributed by atoms with Gasteiger partial charge in [-0.05, 0) is 44.4 Å². The summed E-state index contributed by atoms with van der Waals surface area (Å²) in [5.41, 5.74) is -0.404. The molecule has 0 heterocycles. The van der Waals surface area contributed by atoms with E-state index >= 15 is 0 Å². The molecule has 0 bridgehead atoms. The molecule has 0 radical (unpaired) electrons. The minimum Gasteiger partial charge on any atom is -0.465 e. The molecule has 1 rings (SSSR count). The molecule has 3 heteroatoms. The zero-order valence-electron chi connectivity index (χ0n) is 13.2. The summed E-state index contributed by atoms with van der Waals surface area (Å²) in [6, 6.07) is 0. The number of hydrogen-bond acceptors (Lipinski definition) is 3. The van der Waals surface area contributed by atoms with Crippen molar-refractivity contribution >= 4 is 5.97 Å². The van der Waals surface area contributed by atoms with Crippen LogP contribution in [0.2, 0.25) is 0 Å². The third-order valence-electron chi connectivity index (χ3n) is 3.80. The Morgan fingerprint density at radius 1 is 1.26 bits per heavy atom. The summed E-state index contributed by atoms with van der Waals surface area (Å²) in [6.45, 7) is 11.6. The second kappa shape index (κ2) is 7.28. The molecule has 19 heavy (non-hydrogen) atoms. The molecule has 1 saturated carbocycles. The highest BCUT2D eigenvalue weighted by atomic mass is 16.5. The van der Waals surface area contributed by atoms with Gasteiger partial charge in [-0.2, -0.15) is 0 Å². The predicted octanol–water partition coefficient (Wildman–Crippen LogP) is 3.81. The lowest BCUT2D eigenvalue weighted by atomic mass is 9.76. The fourth-order valence-corrected chi connectivity index (χ4v) is 3.15. The standard InChI is InChI=1S/C16H30O3/c1-6-18-14-8-7-9-16(14,10-12(2)3)15(17)19-11-13(4)5/h12-14H,6-11H2,1-5H3. The molecular weight excluding hydrogens is 240 g/mol. The van der Waals surface area contributed by atoms with Gasteiger partial charge in [0.15, 0.2) is 0 Å². The van der Waals surface area contributed by atoms with Crippen molar-refractivity contribution < 1.29 is 14.3 Å². The summed E-state index contributed by atoms with van der Waals surface area (Å²) in [5.74, 6) is 0.825. The van der Waals surface area contributed by atoms with Crippen molar-refractivity contribution in [3.63, 3.8) is 0 Å². The normalized spacial score (nSPS) is 27.2. The van der Waals surface area contributed by atoms with Crippen LogP contribution in [0.1, 0.15) is 60.3 Å². The maximum absolute atomic E-state index is 12.6. The van der Waals surface area contributed by atoms with Crippen LogP contribution in [0, 0.1) is 17.3 Å². The van der Waals surface area contributed by atoms with E-state index < -0.39 is 5.41 Å². The van der Waals surface area contributed by atoms with Gasteiger partial charge in [-0.3, -0.25) is 4.79 Å². The summed E-state index contributed by atoms with van der Waals surface area (Å²) >= 11 is 0. The Labute approximate surface area is 118 Å². The Morgan fingerprint density at radius 2 is 1.95 bits per heavy atom. The van der Waals surface area contributed by atoms with Crippen LogP contribution in [-0.2, 0) is 14.3 Å². The van der Waals surface area contributed by atoms with Gasteiger partial charge >= 0.3 is 5.97 Å². The summed E-state index contributed by atoms with van der Waals surface area (Å²) in [6.07, 6.45) is 3.87. The zero-order chi connectivity index (χ0) is 14.5. The van der Waals surface area contributed by atoms with Crippen molar-refractivity contribution in [2.45, 2.75) is 66.4 Å². The summed E-state index contributed by atoms with van der Waals surface area (Å²) in [7, 11) is 0. The van der Waals surface area contributed by atoms with E-state index in [1.54, 1.807) is 0 Å². The molecular formula is C16H30O3. The molecule has 1 aliphatic rings. The van der Waals surface area contributed by atoms with Crippen molar-refractivity contribution in [3.05, 3.63) is 0 Å². The lowest BCUT2D eigenvalue weighted by molar-refractivity contribution is -0.167. The number of rotatable bonds is 7. The Morgan fingerprint density at radius 3 is 2.47 bits per heavy atom. The molecule has 2 atom stereocenters. The highest BCUT2D eigenvalue weighted by molar-refractivity contribution is 5.78. The van der Waals surface area contributed by atoms with E-state index in [1.165, 1.54) is 0 Å². The quantitative estimate of drug-likeness (QED) is 0.660. The fourth-order valence-electron chi connectivity index (χ4n) is 3.15. The van der Waals surface area contributed by atoms with Gasteiger partial charge in [0.2, 0.25) is 0 Å². The predicted molar refractivity (Wildman–Crippen MR) is 77.0 cm³/mol. The Hall–Kier alpha value is -0.570. The maximum atomic E-state index is 12.6. The zero-order valence-corrected chi connectivity index (χ0v) is 13.2. The topological polar surface area (TPSA) is 35.5 Å². The highest BCUT2D eigenvalue weighted by Crippen LogP contribution is 2.46. The average molecular weight is 270 g/mol. The molecule has 3 nitrogen and oxygen atoms in total. The van der Waals surface area contributed by atoms with Crippen molar-refractivity contribution in [1.82, 2.24) is 0 Å². The molecule has 0 aliphatic heterocycles. The van der Waals surface area contributed by atoms with Crippen LogP contribution in [0.3, 0.4) is 0 Å². The van der Waals surface area contributed by atoms with Crippen LogP contribution < -0.4 is 0 Å². The van der Waals surface area contributed by atoms with Crippen LogP contribution >= 0.6 is 0 Å². The van der Waals surface area contributed by atoms with E-state index in [4.69, 9.17) is 9.47 Å². The van der Waals surface area contributed by atoms with E-state index in [-0.39, 0.29) is 12.1 Å². The van der Waals surface area contributed by atoms with E-state index in [2.05, 4.69) is 27.7 Å². The second-order valence-electron chi connectivity index (χ2n) is 6.58. The first-order chi connectivity index (χ1) is 8.92. The van der Waals surface area contributed by atoms with E-state index in [0.29, 0.717) is 25.0 Å². The Balaban J connectivity index is 2.82. The molecule has 0 amide bonds. The van der Waals surface area contributed by atoms with Crippen LogP contribution in [0.4, 0.5) is 0 Å². The van der Waals surface area contributed by atoms with Crippen LogP contribution in [0.25, 0.3) is 0 Å². The van der Waals surface area contributed by atoms with Gasteiger partial charge in [-0.15, -0.1) is 0 Å². The van der Waals surface area contributed by atoms with E-state index in [0.717, 1.165) is 25.7 Å². The van der Waals surface area contributed by atoms with Gasteiger partial charge in [0, 0.05) is 6.61 Å². The Bertz CT molecular complexity index is 286. The van der Waals surface area contributed by atoms with Crippen molar-refractivity contribution in [3.8, 4) is 0 Å². The number of carbonyl (C=O) groups is 1. The molecule has 0 aromatic carbocycles. The highest BCUT2D eigenvalue weighted by Gasteiger charge is 2.51. The lowest BCUT2D eigenvalue weighted by Crippen LogP contribution is -2.42. The maximum Gasteiger partial charge on any atom is 0.314 e. The van der Waals surface area contributed by atoms with Crippen molar-refractivity contribution in [2.24, 2.45) is 17.3 Å². The van der Waals surface area contributed by atoms with Gasteiger partial charge in [-0.25, -0.2) is 0 Å². The number of ether oxygens (including phenoxy) is 2. The van der Waals surface area contributed by atoms with Gasteiger partial charge < -0.3 is 9.47 Å². The first kappa shape index (κ1) is 16.5. The lowest BCUT2D eigenvalue weighted by Gasteiger charge is -2.34. The second-order valence-corrected chi connectivity index (χ2v) is 6.58. The summed E-state index contributed by atoms with van der Waals surface area (Å²) in [4.78, 5) is 12.6. The average Bonchev–Trinajstić information content (AvgIpc) is 2.70. The number of esters is 1. The summed E-state index contributed by atoms with van der Waals surface area (Å²) < 4.78 is 11.4. The van der Waals surface area contributed by atoms with Crippen LogP contribution in [-0.4, -0.2) is 25.3 Å². The van der Waals surface area contributed by atoms with Crippen LogP contribution in [0.15, 0.2) is 0 Å². The third kappa shape index (κ3) is 4.20. The van der Waals surface area contributed by atoms with E-state index in [9.17, 15) is 4.79 Å². The molecule has 112 valence electrons. The smallest absolute Gasteiger partial charge is 0.314 e. The third-order valence-corrected chi connectivity index (χ3v) is 3.80. The molecule has 1 aliphatic carbocycles. The van der Waals surface area contributed by atoms with Gasteiger partial charge in [-0.1, -0.05) is 27.7 Å². The van der Waals surface area contributed by atoms with Crippen molar-refractivity contribution in [1.29, 1.82) is 0 Å². The Kier molecular flexibility index (Phi) is 6.31. The monoisotopic (exact) mass is 270 g/mol. The summed E-state index contributed by atoms with van der Waals surface area (Å²) in [5, 5.41) is 0. The van der Waals surface area contributed by atoms with E-state index in [1.807, 2.05) is 6.92 Å². The van der Waals surface area contributed by atoms with Gasteiger partial charge in [0.25, 0.3) is 0 Å². The molecule has 1 fully saturated rings. The molecule has 0 saturated heterocycles. The SMILES string of the molecule is CCOC1CCCC1(CC(C)C)C(=O)OCC(C)C. The molecule has 0 spiro atoms. The minimum atomic E-state index is -0.404. The van der Waals surface area contributed by atoms with Gasteiger partial charge in [0.1, 0.15) is 0 Å². The minimum absolute atomic E-state index is 0.0362. The number of hydrogen-bond donors (Lipinski definition) is 0.